The second kappa shape index (κ2) is 13.9. The molecule has 4 aromatic rings. The van der Waals surface area contributed by atoms with Gasteiger partial charge in [-0.2, -0.15) is 0 Å². The van der Waals surface area contributed by atoms with Crippen LogP contribution >= 0.6 is 23.4 Å². The number of thioether (sulfide) groups is 1. The molecule has 3 N–H and O–H groups in total. The van der Waals surface area contributed by atoms with E-state index in [1.807, 2.05) is 0 Å². The van der Waals surface area contributed by atoms with Gasteiger partial charge in [-0.3, -0.25) is 24.5 Å². The first-order valence-electron chi connectivity index (χ1n) is 12.2. The second-order valence-corrected chi connectivity index (χ2v) is 10.0. The molecular formula is C30H23ClN4O5S. The van der Waals surface area contributed by atoms with E-state index < -0.39 is 16.7 Å². The maximum absolute atomic E-state index is 13.3. The molecule has 0 aliphatic carbocycles. The molecular weight excluding hydrogens is 564 g/mol. The number of nitro benzene ring substituents is 1. The Kier molecular flexibility index (Phi) is 9.87. The number of rotatable bonds is 10. The van der Waals surface area contributed by atoms with Gasteiger partial charge in [0.1, 0.15) is 5.70 Å². The third kappa shape index (κ3) is 8.79. The third-order valence-electron chi connectivity index (χ3n) is 5.51. The molecule has 4 aromatic carbocycles. The van der Waals surface area contributed by atoms with Crippen LogP contribution in [0.1, 0.15) is 15.9 Å². The van der Waals surface area contributed by atoms with E-state index in [2.05, 4.69) is 16.0 Å². The Morgan fingerprint density at radius 3 is 2.20 bits per heavy atom. The SMILES string of the molecule is O=C(CSc1cccc(NC(=O)/C(=C\c2ccc([N+](=O)[O-])cc2)NC(=O)c2ccccc2)c1)Nc1cccc(Cl)c1. The van der Waals surface area contributed by atoms with E-state index in [1.165, 1.54) is 42.1 Å². The van der Waals surface area contributed by atoms with Crippen molar-refractivity contribution in [1.82, 2.24) is 5.32 Å². The summed E-state index contributed by atoms with van der Waals surface area (Å²) in [5.74, 6) is -1.19. The average Bonchev–Trinajstić information content (AvgIpc) is 2.96. The van der Waals surface area contributed by atoms with Crippen molar-refractivity contribution in [3.8, 4) is 0 Å². The Morgan fingerprint density at radius 2 is 1.51 bits per heavy atom. The number of carbonyl (C=O) groups excluding carboxylic acids is 3. The molecule has 0 aliphatic rings. The predicted octanol–water partition coefficient (Wildman–Crippen LogP) is 6.39. The van der Waals surface area contributed by atoms with Crippen LogP contribution in [-0.4, -0.2) is 28.4 Å². The molecule has 4 rings (SSSR count). The summed E-state index contributed by atoms with van der Waals surface area (Å²) in [4.78, 5) is 49.7. The van der Waals surface area contributed by atoms with Crippen molar-refractivity contribution in [3.05, 3.63) is 135 Å². The van der Waals surface area contributed by atoms with E-state index in [4.69, 9.17) is 11.6 Å². The fraction of sp³-hybridized carbons (Fsp3) is 0.0333. The summed E-state index contributed by atoms with van der Waals surface area (Å²) in [6.45, 7) is 0. The Balaban J connectivity index is 1.47. The van der Waals surface area contributed by atoms with Crippen molar-refractivity contribution in [3.63, 3.8) is 0 Å². The normalized spacial score (nSPS) is 10.9. The lowest BCUT2D eigenvalue weighted by molar-refractivity contribution is -0.384. The van der Waals surface area contributed by atoms with Gasteiger partial charge in [-0.05, 0) is 72.3 Å². The Labute approximate surface area is 244 Å². The summed E-state index contributed by atoms with van der Waals surface area (Å²) in [6, 6.07) is 27.7. The van der Waals surface area contributed by atoms with Crippen molar-refractivity contribution in [2.75, 3.05) is 16.4 Å². The van der Waals surface area contributed by atoms with E-state index in [0.717, 1.165) is 4.90 Å². The smallest absolute Gasteiger partial charge is 0.272 e. The van der Waals surface area contributed by atoms with Crippen LogP contribution in [0.5, 0.6) is 0 Å². The van der Waals surface area contributed by atoms with Crippen LogP contribution in [0.3, 0.4) is 0 Å². The first kappa shape index (κ1) is 29.1. The van der Waals surface area contributed by atoms with Crippen molar-refractivity contribution in [1.29, 1.82) is 0 Å². The standard InChI is InChI=1S/C30H23ClN4O5S/c31-22-8-4-9-23(17-22)32-28(36)19-41-26-11-5-10-24(18-26)33-30(38)27(34-29(37)21-6-2-1-3-7-21)16-20-12-14-25(15-13-20)35(39)40/h1-18H,19H2,(H,32,36)(H,33,38)(H,34,37)/b27-16+. The number of hydrogen-bond acceptors (Lipinski definition) is 6. The van der Waals surface area contributed by atoms with Crippen LogP contribution in [0.15, 0.2) is 114 Å². The van der Waals surface area contributed by atoms with Crippen LogP contribution in [0.25, 0.3) is 6.08 Å². The highest BCUT2D eigenvalue weighted by molar-refractivity contribution is 8.00. The van der Waals surface area contributed by atoms with Crippen molar-refractivity contribution in [2.24, 2.45) is 0 Å². The molecule has 9 nitrogen and oxygen atoms in total. The number of hydrogen-bond donors (Lipinski definition) is 3. The Morgan fingerprint density at radius 1 is 0.829 bits per heavy atom. The van der Waals surface area contributed by atoms with Gasteiger partial charge in [0, 0.05) is 39.0 Å². The fourth-order valence-corrected chi connectivity index (χ4v) is 4.52. The summed E-state index contributed by atoms with van der Waals surface area (Å²) in [7, 11) is 0. The molecule has 0 heterocycles. The molecule has 206 valence electrons. The maximum Gasteiger partial charge on any atom is 0.272 e. The molecule has 0 radical (unpaired) electrons. The molecule has 3 amide bonds. The van der Waals surface area contributed by atoms with Crippen LogP contribution in [0.4, 0.5) is 17.1 Å². The van der Waals surface area contributed by atoms with Gasteiger partial charge < -0.3 is 16.0 Å². The molecule has 0 saturated heterocycles. The lowest BCUT2D eigenvalue weighted by atomic mass is 10.1. The minimum absolute atomic E-state index is 0.0633. The van der Waals surface area contributed by atoms with Crippen molar-refractivity contribution >= 4 is 64.2 Å². The molecule has 0 aliphatic heterocycles. The zero-order valence-electron chi connectivity index (χ0n) is 21.4. The van der Waals surface area contributed by atoms with E-state index in [1.54, 1.807) is 78.9 Å². The van der Waals surface area contributed by atoms with Gasteiger partial charge in [0.25, 0.3) is 17.5 Å². The highest BCUT2D eigenvalue weighted by Gasteiger charge is 2.16. The third-order valence-corrected chi connectivity index (χ3v) is 6.74. The van der Waals surface area contributed by atoms with Gasteiger partial charge in [-0.15, -0.1) is 11.8 Å². The first-order chi connectivity index (χ1) is 19.8. The Bertz CT molecular complexity index is 1610. The number of anilines is 2. The number of nitro groups is 1. The molecule has 41 heavy (non-hydrogen) atoms. The van der Waals surface area contributed by atoms with Crippen LogP contribution in [-0.2, 0) is 9.59 Å². The summed E-state index contributed by atoms with van der Waals surface area (Å²) in [6.07, 6.45) is 1.43. The molecule has 11 heteroatoms. The zero-order chi connectivity index (χ0) is 29.2. The number of nitrogens with zero attached hydrogens (tertiary/aromatic N) is 1. The number of carbonyl (C=O) groups is 3. The number of non-ortho nitro benzene ring substituents is 1. The molecule has 0 bridgehead atoms. The monoisotopic (exact) mass is 586 g/mol. The predicted molar refractivity (Wildman–Crippen MR) is 161 cm³/mol. The summed E-state index contributed by atoms with van der Waals surface area (Å²) in [5.41, 5.74) is 1.70. The topological polar surface area (TPSA) is 130 Å². The molecule has 0 fully saturated rings. The van der Waals surface area contributed by atoms with Crippen LogP contribution in [0, 0.1) is 10.1 Å². The van der Waals surface area contributed by atoms with Gasteiger partial charge in [0.15, 0.2) is 0 Å². The summed E-state index contributed by atoms with van der Waals surface area (Å²) < 4.78 is 0. The van der Waals surface area contributed by atoms with Gasteiger partial charge in [0.2, 0.25) is 5.91 Å². The largest absolute Gasteiger partial charge is 0.325 e. The Hall–Kier alpha value is -4.93. The van der Waals surface area contributed by atoms with E-state index >= 15 is 0 Å². The lowest BCUT2D eigenvalue weighted by Gasteiger charge is -2.12. The van der Waals surface area contributed by atoms with Gasteiger partial charge in [0.05, 0.1) is 10.7 Å². The molecule has 0 aromatic heterocycles. The van der Waals surface area contributed by atoms with Gasteiger partial charge in [-0.25, -0.2) is 0 Å². The molecule has 0 unspecified atom stereocenters. The minimum Gasteiger partial charge on any atom is -0.325 e. The van der Waals surface area contributed by atoms with Gasteiger partial charge in [-0.1, -0.05) is 41.9 Å². The lowest BCUT2D eigenvalue weighted by Crippen LogP contribution is -2.30. The van der Waals surface area contributed by atoms with Crippen molar-refractivity contribution < 1.29 is 19.3 Å². The second-order valence-electron chi connectivity index (χ2n) is 8.56. The highest BCUT2D eigenvalue weighted by Crippen LogP contribution is 2.23. The summed E-state index contributed by atoms with van der Waals surface area (Å²) >= 11 is 7.24. The van der Waals surface area contributed by atoms with Crippen LogP contribution < -0.4 is 16.0 Å². The van der Waals surface area contributed by atoms with E-state index in [9.17, 15) is 24.5 Å². The minimum atomic E-state index is -0.603. The van der Waals surface area contributed by atoms with Gasteiger partial charge >= 0.3 is 0 Å². The number of halogens is 1. The fourth-order valence-electron chi connectivity index (χ4n) is 3.58. The van der Waals surface area contributed by atoms with Crippen molar-refractivity contribution in [2.45, 2.75) is 4.90 Å². The number of benzene rings is 4. The zero-order valence-corrected chi connectivity index (χ0v) is 22.9. The number of amides is 3. The molecule has 0 atom stereocenters. The maximum atomic E-state index is 13.3. The highest BCUT2D eigenvalue weighted by atomic mass is 35.5. The van der Waals surface area contributed by atoms with Crippen LogP contribution in [0.2, 0.25) is 5.02 Å². The van der Waals surface area contributed by atoms with E-state index in [0.29, 0.717) is 27.5 Å². The average molecular weight is 587 g/mol. The molecule has 0 spiro atoms. The number of nitrogens with one attached hydrogen (secondary N) is 3. The summed E-state index contributed by atoms with van der Waals surface area (Å²) in [5, 5.41) is 19.7. The molecule has 0 saturated carbocycles. The van der Waals surface area contributed by atoms with E-state index in [-0.39, 0.29) is 23.0 Å². The first-order valence-corrected chi connectivity index (χ1v) is 13.6. The quantitative estimate of drug-likeness (QED) is 0.0854.